The maximum atomic E-state index is 5.62. The van der Waals surface area contributed by atoms with E-state index in [9.17, 15) is 0 Å². The van der Waals surface area contributed by atoms with Crippen molar-refractivity contribution in [3.05, 3.63) is 162 Å². The number of nitrogens with two attached hydrogens (primary N) is 1. The lowest BCUT2D eigenvalue weighted by atomic mass is 9.74. The molecule has 2 aliphatic heterocycles. The number of benzene rings is 3. The Labute approximate surface area is 265 Å². The highest BCUT2D eigenvalue weighted by atomic mass is 15.3. The molecule has 3 aromatic carbocycles. The minimum absolute atomic E-state index is 0.100. The van der Waals surface area contributed by atoms with E-state index in [1.165, 1.54) is 11.1 Å². The zero-order valence-electron chi connectivity index (χ0n) is 25.7. The third-order valence-corrected chi connectivity index (χ3v) is 8.99. The van der Waals surface area contributed by atoms with Gasteiger partial charge in [0.2, 0.25) is 0 Å². The molecule has 5 heteroatoms. The zero-order chi connectivity index (χ0) is 30.8. The molecule has 0 saturated carbocycles. The Morgan fingerprint density at radius 2 is 1.64 bits per heavy atom. The molecule has 0 radical (unpaired) electrons. The molecule has 222 valence electrons. The van der Waals surface area contributed by atoms with Gasteiger partial charge in [-0.15, -0.1) is 0 Å². The first-order chi connectivity index (χ1) is 22.1. The number of fused-ring (bicyclic) bond motifs is 2. The van der Waals surface area contributed by atoms with E-state index in [1.54, 1.807) is 6.20 Å². The van der Waals surface area contributed by atoms with Crippen molar-refractivity contribution in [2.24, 2.45) is 32.5 Å². The Hall–Kier alpha value is -5.29. The molecule has 3 aromatic rings. The molecule has 0 saturated heterocycles. The van der Waals surface area contributed by atoms with E-state index in [0.29, 0.717) is 5.84 Å². The molecule has 2 heterocycles. The minimum atomic E-state index is -0.285. The van der Waals surface area contributed by atoms with E-state index in [1.807, 2.05) is 18.2 Å². The summed E-state index contributed by atoms with van der Waals surface area (Å²) < 4.78 is 0. The van der Waals surface area contributed by atoms with Crippen LogP contribution in [-0.2, 0) is 0 Å². The van der Waals surface area contributed by atoms with Gasteiger partial charge in [-0.2, -0.15) is 0 Å². The van der Waals surface area contributed by atoms with Gasteiger partial charge in [0.1, 0.15) is 5.84 Å². The molecule has 45 heavy (non-hydrogen) atoms. The fraction of sp³-hybridized carbons (Fsp3) is 0.175. The van der Waals surface area contributed by atoms with Gasteiger partial charge in [0.15, 0.2) is 12.0 Å². The third kappa shape index (κ3) is 5.58. The van der Waals surface area contributed by atoms with Gasteiger partial charge in [0.25, 0.3) is 0 Å². The molecule has 7 rings (SSSR count). The summed E-state index contributed by atoms with van der Waals surface area (Å²) in [5, 5.41) is 0. The van der Waals surface area contributed by atoms with Crippen molar-refractivity contribution in [3.63, 3.8) is 0 Å². The SMILES string of the molecule is C/C(=C\C=C/N)c1cccc(C2N=C(C3=NC4=C(CCC=C4)C4C=CC=CC34)N=C(c3cccc(-c4ccccc4)c3)N2C)c1. The first kappa shape index (κ1) is 28.5. The number of nitrogens with zero attached hydrogens (tertiary/aromatic N) is 4. The fourth-order valence-corrected chi connectivity index (χ4v) is 6.65. The molecule has 3 unspecified atom stereocenters. The van der Waals surface area contributed by atoms with Crippen molar-refractivity contribution in [3.8, 4) is 11.1 Å². The molecule has 0 aromatic heterocycles. The van der Waals surface area contributed by atoms with Crippen LogP contribution in [0.4, 0.5) is 0 Å². The Morgan fingerprint density at radius 3 is 2.49 bits per heavy atom. The van der Waals surface area contributed by atoms with Crippen LogP contribution in [0, 0.1) is 11.8 Å². The van der Waals surface area contributed by atoms with Gasteiger partial charge < -0.3 is 10.6 Å². The third-order valence-electron chi connectivity index (χ3n) is 8.99. The van der Waals surface area contributed by atoms with E-state index in [4.69, 9.17) is 20.7 Å². The van der Waals surface area contributed by atoms with Crippen LogP contribution in [0.25, 0.3) is 16.7 Å². The number of amidine groups is 2. The molecule has 3 atom stereocenters. The molecule has 5 nitrogen and oxygen atoms in total. The topological polar surface area (TPSA) is 66.3 Å². The van der Waals surface area contributed by atoms with Crippen LogP contribution in [0.1, 0.15) is 42.6 Å². The second-order valence-electron chi connectivity index (χ2n) is 11.8. The molecule has 0 bridgehead atoms. The Kier molecular flexibility index (Phi) is 7.83. The van der Waals surface area contributed by atoms with Crippen LogP contribution < -0.4 is 5.73 Å². The number of hydrogen-bond donors (Lipinski definition) is 1. The standard InChI is InChI=1S/C40H37N5/c1-27(13-12-24-41)29-16-10-18-31(25-29)39-43-38(37-35-22-7-6-20-33(35)34-21-8-9-23-36(34)42-37)44-40(45(39)2)32-19-11-17-30(26-32)28-14-4-3-5-15-28/h3-7,9-20,22-26,33,35,39H,8,21,41H2,1-2H3/b24-12-,27-13+. The van der Waals surface area contributed by atoms with Crippen molar-refractivity contribution < 1.29 is 0 Å². The summed E-state index contributed by atoms with van der Waals surface area (Å²) in [7, 11) is 2.09. The fourth-order valence-electron chi connectivity index (χ4n) is 6.65. The number of hydrogen-bond acceptors (Lipinski definition) is 5. The first-order valence-electron chi connectivity index (χ1n) is 15.6. The molecule has 0 spiro atoms. The number of rotatable bonds is 6. The van der Waals surface area contributed by atoms with E-state index in [2.05, 4.69) is 128 Å². The van der Waals surface area contributed by atoms with Gasteiger partial charge >= 0.3 is 0 Å². The second-order valence-corrected chi connectivity index (χ2v) is 11.8. The Morgan fingerprint density at radius 1 is 0.867 bits per heavy atom. The largest absolute Gasteiger partial charge is 0.405 e. The van der Waals surface area contributed by atoms with Crippen LogP contribution >= 0.6 is 0 Å². The predicted octanol–water partition coefficient (Wildman–Crippen LogP) is 8.44. The van der Waals surface area contributed by atoms with E-state index in [-0.39, 0.29) is 18.0 Å². The molecule has 0 amide bonds. The van der Waals surface area contributed by atoms with Crippen LogP contribution in [0.5, 0.6) is 0 Å². The van der Waals surface area contributed by atoms with E-state index in [0.717, 1.165) is 57.9 Å². The van der Waals surface area contributed by atoms with Crippen LogP contribution in [0.3, 0.4) is 0 Å². The summed E-state index contributed by atoms with van der Waals surface area (Å²) in [6.07, 6.45) is 20.6. The van der Waals surface area contributed by atoms with Gasteiger partial charge in [0, 0.05) is 24.4 Å². The normalized spacial score (nSPS) is 22.6. The predicted molar refractivity (Wildman–Crippen MR) is 188 cm³/mol. The van der Waals surface area contributed by atoms with Crippen LogP contribution in [0.15, 0.2) is 160 Å². The lowest BCUT2D eigenvalue weighted by Crippen LogP contribution is -2.40. The van der Waals surface area contributed by atoms with Crippen LogP contribution in [-0.4, -0.2) is 29.3 Å². The van der Waals surface area contributed by atoms with Crippen molar-refractivity contribution in [2.75, 3.05) is 7.05 Å². The average molecular weight is 588 g/mol. The summed E-state index contributed by atoms with van der Waals surface area (Å²) >= 11 is 0. The lowest BCUT2D eigenvalue weighted by Gasteiger charge is -2.37. The van der Waals surface area contributed by atoms with Crippen LogP contribution in [0.2, 0.25) is 0 Å². The van der Waals surface area contributed by atoms with Gasteiger partial charge in [-0.25, -0.2) is 15.0 Å². The van der Waals surface area contributed by atoms with Crippen molar-refractivity contribution >= 4 is 23.0 Å². The summed E-state index contributed by atoms with van der Waals surface area (Å²) in [5.41, 5.74) is 15.8. The van der Waals surface area contributed by atoms with E-state index < -0.39 is 0 Å². The number of aliphatic imine (C=N–C) groups is 3. The zero-order valence-corrected chi connectivity index (χ0v) is 25.7. The Bertz CT molecular complexity index is 1900. The lowest BCUT2D eigenvalue weighted by molar-refractivity contribution is 0.383. The molecule has 2 N–H and O–H groups in total. The summed E-state index contributed by atoms with van der Waals surface area (Å²) in [6, 6.07) is 27.7. The van der Waals surface area contributed by atoms with Gasteiger partial charge in [-0.1, -0.05) is 103 Å². The Balaban J connectivity index is 1.38. The second kappa shape index (κ2) is 12.4. The summed E-state index contributed by atoms with van der Waals surface area (Å²) in [4.78, 5) is 18.2. The van der Waals surface area contributed by atoms with Crippen molar-refractivity contribution in [1.29, 1.82) is 0 Å². The van der Waals surface area contributed by atoms with Crippen molar-refractivity contribution in [1.82, 2.24) is 4.90 Å². The van der Waals surface area contributed by atoms with Gasteiger partial charge in [0.05, 0.1) is 11.4 Å². The van der Waals surface area contributed by atoms with Gasteiger partial charge in [-0.3, -0.25) is 0 Å². The maximum absolute atomic E-state index is 5.62. The summed E-state index contributed by atoms with van der Waals surface area (Å²) in [5.74, 6) is 1.95. The molecule has 2 aliphatic carbocycles. The van der Waals surface area contributed by atoms with E-state index >= 15 is 0 Å². The first-order valence-corrected chi connectivity index (χ1v) is 15.6. The molecule has 0 fully saturated rings. The molecular formula is C40H37N5. The smallest absolute Gasteiger partial charge is 0.174 e. The minimum Gasteiger partial charge on any atom is -0.405 e. The molecule has 4 aliphatic rings. The maximum Gasteiger partial charge on any atom is 0.174 e. The number of allylic oxidation sites excluding steroid dienone is 10. The molecular weight excluding hydrogens is 550 g/mol. The highest BCUT2D eigenvalue weighted by molar-refractivity contribution is 6.45. The van der Waals surface area contributed by atoms with Gasteiger partial charge in [-0.05, 0) is 83.7 Å². The highest BCUT2D eigenvalue weighted by Gasteiger charge is 2.37. The quantitative estimate of drug-likeness (QED) is 0.294. The average Bonchev–Trinajstić information content (AvgIpc) is 3.11. The summed E-state index contributed by atoms with van der Waals surface area (Å²) in [6.45, 7) is 2.10. The highest BCUT2D eigenvalue weighted by Crippen LogP contribution is 2.41. The monoisotopic (exact) mass is 587 g/mol. The van der Waals surface area contributed by atoms with Crippen molar-refractivity contribution in [2.45, 2.75) is 25.9 Å².